The van der Waals surface area contributed by atoms with Gasteiger partial charge in [0.2, 0.25) is 5.91 Å². The molecule has 6 heteroatoms. The van der Waals surface area contributed by atoms with Crippen LogP contribution < -0.4 is 15.4 Å². The lowest BCUT2D eigenvalue weighted by Crippen LogP contribution is -2.22. The molecule has 1 atom stereocenters. The van der Waals surface area contributed by atoms with E-state index in [0.29, 0.717) is 22.7 Å². The van der Waals surface area contributed by atoms with Crippen molar-refractivity contribution in [3.8, 4) is 5.75 Å². The molecule has 3 aromatic carbocycles. The Morgan fingerprint density at radius 2 is 1.67 bits per heavy atom. The average Bonchev–Trinajstić information content (AvgIpc) is 2.74. The van der Waals surface area contributed by atoms with E-state index in [0.717, 1.165) is 10.5 Å². The largest absolute Gasteiger partial charge is 0.495 e. The smallest absolute Gasteiger partial charge is 0.255 e. The minimum absolute atomic E-state index is 0.126. The molecule has 0 aliphatic rings. The molecule has 0 aliphatic heterocycles. The molecule has 3 aromatic rings. The predicted molar refractivity (Wildman–Crippen MR) is 123 cm³/mol. The van der Waals surface area contributed by atoms with Crippen molar-refractivity contribution >= 4 is 35.0 Å². The number of hydrogen-bond donors (Lipinski definition) is 2. The fourth-order valence-corrected chi connectivity index (χ4v) is 3.84. The number of benzene rings is 3. The van der Waals surface area contributed by atoms with Crippen LogP contribution >= 0.6 is 11.8 Å². The molecule has 1 unspecified atom stereocenters. The van der Waals surface area contributed by atoms with Crippen LogP contribution in [0, 0.1) is 6.92 Å². The molecule has 30 heavy (non-hydrogen) atoms. The maximum Gasteiger partial charge on any atom is 0.255 e. The van der Waals surface area contributed by atoms with Crippen molar-refractivity contribution in [2.45, 2.75) is 24.0 Å². The summed E-state index contributed by atoms with van der Waals surface area (Å²) < 4.78 is 5.28. The zero-order valence-electron chi connectivity index (χ0n) is 17.1. The van der Waals surface area contributed by atoms with Crippen LogP contribution in [0.25, 0.3) is 0 Å². The Hall–Kier alpha value is -3.25. The van der Waals surface area contributed by atoms with Gasteiger partial charge < -0.3 is 15.4 Å². The topological polar surface area (TPSA) is 67.4 Å². The highest BCUT2D eigenvalue weighted by molar-refractivity contribution is 8.00. The van der Waals surface area contributed by atoms with Crippen LogP contribution in [0.2, 0.25) is 0 Å². The lowest BCUT2D eigenvalue weighted by molar-refractivity contribution is -0.115. The number of methoxy groups -OCH3 is 1. The first-order chi connectivity index (χ1) is 14.5. The molecule has 0 spiro atoms. The number of aryl methyl sites for hydroxylation is 1. The zero-order valence-corrected chi connectivity index (χ0v) is 18.0. The summed E-state index contributed by atoms with van der Waals surface area (Å²) in [7, 11) is 1.57. The molecular formula is C24H24N2O3S. The lowest BCUT2D eigenvalue weighted by Gasteiger charge is -2.15. The first-order valence-electron chi connectivity index (χ1n) is 9.55. The third-order valence-corrected chi connectivity index (χ3v) is 5.62. The molecule has 0 aliphatic carbocycles. The molecule has 0 saturated carbocycles. The first kappa shape index (κ1) is 21.5. The molecule has 154 valence electrons. The van der Waals surface area contributed by atoms with E-state index in [9.17, 15) is 9.59 Å². The van der Waals surface area contributed by atoms with E-state index in [1.807, 2.05) is 68.4 Å². The standard InChI is InChI=1S/C24H24N2O3S/c1-16-9-4-5-12-20(16)24(28)25-18-10-8-11-19(15-18)30-17(2)23(27)26-21-13-6-7-14-22(21)29-3/h4-15,17H,1-3H3,(H,25,28)(H,26,27). The van der Waals surface area contributed by atoms with Crippen molar-refractivity contribution in [1.29, 1.82) is 0 Å². The van der Waals surface area contributed by atoms with Crippen molar-refractivity contribution in [3.05, 3.63) is 83.9 Å². The van der Waals surface area contributed by atoms with Crippen LogP contribution in [-0.2, 0) is 4.79 Å². The second-order valence-electron chi connectivity index (χ2n) is 6.75. The summed E-state index contributed by atoms with van der Waals surface area (Å²) in [4.78, 5) is 26.0. The van der Waals surface area contributed by atoms with E-state index < -0.39 is 0 Å². The second kappa shape index (κ2) is 9.98. The Balaban J connectivity index is 1.65. The van der Waals surface area contributed by atoms with Gasteiger partial charge in [0, 0.05) is 16.1 Å². The number of amides is 2. The van der Waals surface area contributed by atoms with Gasteiger partial charge in [-0.15, -0.1) is 11.8 Å². The van der Waals surface area contributed by atoms with Crippen LogP contribution in [0.15, 0.2) is 77.7 Å². The van der Waals surface area contributed by atoms with Crippen molar-refractivity contribution in [2.24, 2.45) is 0 Å². The Bertz CT molecular complexity index is 1050. The van der Waals surface area contributed by atoms with Gasteiger partial charge in [0.1, 0.15) is 5.75 Å². The normalized spacial score (nSPS) is 11.4. The highest BCUT2D eigenvalue weighted by Gasteiger charge is 2.17. The monoisotopic (exact) mass is 420 g/mol. The molecule has 3 rings (SSSR count). The summed E-state index contributed by atoms with van der Waals surface area (Å²) in [5, 5.41) is 5.49. The van der Waals surface area contributed by atoms with Gasteiger partial charge in [-0.1, -0.05) is 36.4 Å². The molecule has 0 aromatic heterocycles. The zero-order chi connectivity index (χ0) is 21.5. The van der Waals surface area contributed by atoms with Gasteiger partial charge in [-0.3, -0.25) is 9.59 Å². The van der Waals surface area contributed by atoms with Gasteiger partial charge in [-0.05, 0) is 55.8 Å². The van der Waals surface area contributed by atoms with E-state index in [2.05, 4.69) is 10.6 Å². The molecule has 2 amide bonds. The third-order valence-electron chi connectivity index (χ3n) is 4.53. The van der Waals surface area contributed by atoms with Crippen LogP contribution in [-0.4, -0.2) is 24.2 Å². The van der Waals surface area contributed by atoms with Crippen molar-refractivity contribution in [3.63, 3.8) is 0 Å². The van der Waals surface area contributed by atoms with Gasteiger partial charge in [0.15, 0.2) is 0 Å². The van der Waals surface area contributed by atoms with Gasteiger partial charge in [0.05, 0.1) is 18.0 Å². The minimum atomic E-state index is -0.336. The first-order valence-corrected chi connectivity index (χ1v) is 10.4. The average molecular weight is 421 g/mol. The summed E-state index contributed by atoms with van der Waals surface area (Å²) in [5.41, 5.74) is 2.88. The van der Waals surface area contributed by atoms with E-state index in [1.54, 1.807) is 25.3 Å². The summed E-state index contributed by atoms with van der Waals surface area (Å²) in [6.45, 7) is 3.75. The number of carbonyl (C=O) groups excluding carboxylic acids is 2. The van der Waals surface area contributed by atoms with Crippen LogP contribution in [0.3, 0.4) is 0 Å². The highest BCUT2D eigenvalue weighted by atomic mass is 32.2. The lowest BCUT2D eigenvalue weighted by atomic mass is 10.1. The van der Waals surface area contributed by atoms with Gasteiger partial charge in [-0.2, -0.15) is 0 Å². The van der Waals surface area contributed by atoms with Crippen LogP contribution in [0.4, 0.5) is 11.4 Å². The number of para-hydroxylation sites is 2. The number of thioether (sulfide) groups is 1. The van der Waals surface area contributed by atoms with E-state index >= 15 is 0 Å². The van der Waals surface area contributed by atoms with Gasteiger partial charge >= 0.3 is 0 Å². The molecule has 5 nitrogen and oxygen atoms in total. The molecule has 0 bridgehead atoms. The second-order valence-corrected chi connectivity index (χ2v) is 8.16. The molecule has 0 saturated heterocycles. The van der Waals surface area contributed by atoms with Crippen LogP contribution in [0.5, 0.6) is 5.75 Å². The number of ether oxygens (including phenoxy) is 1. The third kappa shape index (κ3) is 5.42. The maximum atomic E-state index is 12.6. The Kier molecular flexibility index (Phi) is 7.14. The summed E-state index contributed by atoms with van der Waals surface area (Å²) in [5.74, 6) is 0.333. The fourth-order valence-electron chi connectivity index (χ4n) is 2.91. The summed E-state index contributed by atoms with van der Waals surface area (Å²) in [6.07, 6.45) is 0. The molecule has 0 heterocycles. The molecular weight excluding hydrogens is 396 g/mol. The van der Waals surface area contributed by atoms with E-state index in [1.165, 1.54) is 11.8 Å². The van der Waals surface area contributed by atoms with E-state index in [4.69, 9.17) is 4.74 Å². The Morgan fingerprint density at radius 1 is 0.933 bits per heavy atom. The molecule has 0 fully saturated rings. The van der Waals surface area contributed by atoms with Gasteiger partial charge in [0.25, 0.3) is 5.91 Å². The number of carbonyl (C=O) groups is 2. The van der Waals surface area contributed by atoms with E-state index in [-0.39, 0.29) is 17.1 Å². The number of hydrogen-bond acceptors (Lipinski definition) is 4. The van der Waals surface area contributed by atoms with Crippen molar-refractivity contribution in [1.82, 2.24) is 0 Å². The number of rotatable bonds is 7. The fraction of sp³-hybridized carbons (Fsp3) is 0.167. The predicted octanol–water partition coefficient (Wildman–Crippen LogP) is 5.38. The van der Waals surface area contributed by atoms with Crippen molar-refractivity contribution < 1.29 is 14.3 Å². The minimum Gasteiger partial charge on any atom is -0.495 e. The summed E-state index contributed by atoms with van der Waals surface area (Å²) >= 11 is 1.42. The van der Waals surface area contributed by atoms with Gasteiger partial charge in [-0.25, -0.2) is 0 Å². The Labute approximate surface area is 180 Å². The number of nitrogens with one attached hydrogen (secondary N) is 2. The number of anilines is 2. The summed E-state index contributed by atoms with van der Waals surface area (Å²) in [6, 6.07) is 22.2. The maximum absolute atomic E-state index is 12.6. The molecule has 0 radical (unpaired) electrons. The van der Waals surface area contributed by atoms with Crippen LogP contribution in [0.1, 0.15) is 22.8 Å². The quantitative estimate of drug-likeness (QED) is 0.504. The Morgan fingerprint density at radius 3 is 2.43 bits per heavy atom. The highest BCUT2D eigenvalue weighted by Crippen LogP contribution is 2.28. The van der Waals surface area contributed by atoms with Crippen molar-refractivity contribution in [2.75, 3.05) is 17.7 Å². The SMILES string of the molecule is COc1ccccc1NC(=O)C(C)Sc1cccc(NC(=O)c2ccccc2C)c1. The molecule has 2 N–H and O–H groups in total.